The summed E-state index contributed by atoms with van der Waals surface area (Å²) >= 11 is 5.91. The number of cyclic esters (lactones) is 1. The number of carbonyl (C=O) groups is 3. The zero-order valence-electron chi connectivity index (χ0n) is 14.2. The van der Waals surface area contributed by atoms with Crippen molar-refractivity contribution in [1.82, 2.24) is 0 Å². The minimum Gasteiger partial charge on any atom is -0.465 e. The third-order valence-corrected chi connectivity index (χ3v) is 4.43. The van der Waals surface area contributed by atoms with Gasteiger partial charge in [0, 0.05) is 11.4 Å². The number of nitrogens with one attached hydrogen (secondary N) is 1. The third kappa shape index (κ3) is 3.28. The summed E-state index contributed by atoms with van der Waals surface area (Å²) in [6.45, 7) is 1.53. The number of esters is 2. The Morgan fingerprint density at radius 2 is 1.96 bits per heavy atom. The molecule has 1 aliphatic heterocycles. The molecule has 1 unspecified atom stereocenters. The standard InChI is InChI=1S/C19H16ClNO5/c1-19(10-11-7-8-12(20)9-14(11)17(23)26-19)18(24)21-15-6-4-3-5-13(15)16(22)25-2/h3-9H,10H2,1-2H3,(H,21,24). The van der Waals surface area contributed by atoms with Crippen LogP contribution in [0.5, 0.6) is 0 Å². The van der Waals surface area contributed by atoms with Crippen LogP contribution in [0.25, 0.3) is 0 Å². The number of halogens is 1. The first kappa shape index (κ1) is 17.9. The average molecular weight is 374 g/mol. The normalized spacial score (nSPS) is 18.5. The fourth-order valence-electron chi connectivity index (χ4n) is 2.81. The molecule has 1 amide bonds. The Labute approximate surface area is 155 Å². The fraction of sp³-hybridized carbons (Fsp3) is 0.211. The van der Waals surface area contributed by atoms with Gasteiger partial charge in [0.15, 0.2) is 5.60 Å². The van der Waals surface area contributed by atoms with Crippen molar-refractivity contribution in [2.45, 2.75) is 18.9 Å². The Morgan fingerprint density at radius 1 is 1.23 bits per heavy atom. The van der Waals surface area contributed by atoms with Gasteiger partial charge in [0.05, 0.1) is 23.9 Å². The fourth-order valence-corrected chi connectivity index (χ4v) is 2.99. The lowest BCUT2D eigenvalue weighted by molar-refractivity contribution is -0.134. The Kier molecular flexibility index (Phi) is 4.70. The lowest BCUT2D eigenvalue weighted by Gasteiger charge is -2.33. The van der Waals surface area contributed by atoms with Gasteiger partial charge in [-0.25, -0.2) is 9.59 Å². The average Bonchev–Trinajstić information content (AvgIpc) is 2.62. The van der Waals surface area contributed by atoms with Crippen molar-refractivity contribution in [3.05, 3.63) is 64.2 Å². The number of para-hydroxylation sites is 1. The number of rotatable bonds is 3. The van der Waals surface area contributed by atoms with Gasteiger partial charge in [0.1, 0.15) is 0 Å². The van der Waals surface area contributed by atoms with E-state index in [0.29, 0.717) is 16.1 Å². The summed E-state index contributed by atoms with van der Waals surface area (Å²) < 4.78 is 10.1. The van der Waals surface area contributed by atoms with Crippen LogP contribution in [-0.2, 0) is 20.7 Å². The van der Waals surface area contributed by atoms with Gasteiger partial charge in [-0.15, -0.1) is 0 Å². The van der Waals surface area contributed by atoms with E-state index in [1.807, 2.05) is 0 Å². The van der Waals surface area contributed by atoms with Crippen molar-refractivity contribution < 1.29 is 23.9 Å². The third-order valence-electron chi connectivity index (χ3n) is 4.20. The van der Waals surface area contributed by atoms with Crippen molar-refractivity contribution in [3.8, 4) is 0 Å². The number of hydrogen-bond acceptors (Lipinski definition) is 5. The van der Waals surface area contributed by atoms with E-state index < -0.39 is 23.4 Å². The van der Waals surface area contributed by atoms with E-state index in [4.69, 9.17) is 21.1 Å². The van der Waals surface area contributed by atoms with Crippen LogP contribution in [-0.4, -0.2) is 30.6 Å². The molecular formula is C19H16ClNO5. The Bertz CT molecular complexity index is 911. The molecule has 1 N–H and O–H groups in total. The van der Waals surface area contributed by atoms with E-state index in [1.54, 1.807) is 30.3 Å². The summed E-state index contributed by atoms with van der Waals surface area (Å²) in [6.07, 6.45) is 0.192. The molecule has 0 aromatic heterocycles. The summed E-state index contributed by atoms with van der Waals surface area (Å²) in [7, 11) is 1.26. The van der Waals surface area contributed by atoms with E-state index >= 15 is 0 Å². The van der Waals surface area contributed by atoms with Crippen LogP contribution in [0.2, 0.25) is 5.02 Å². The molecule has 7 heteroatoms. The number of hydrogen-bond donors (Lipinski definition) is 1. The predicted molar refractivity (Wildman–Crippen MR) is 95.4 cm³/mol. The van der Waals surface area contributed by atoms with E-state index in [1.165, 1.54) is 26.2 Å². The minimum atomic E-state index is -1.42. The molecule has 1 aliphatic rings. The second-order valence-electron chi connectivity index (χ2n) is 6.09. The first-order valence-corrected chi connectivity index (χ1v) is 8.22. The van der Waals surface area contributed by atoms with Crippen LogP contribution < -0.4 is 5.32 Å². The molecule has 1 atom stereocenters. The number of benzene rings is 2. The summed E-state index contributed by atoms with van der Waals surface area (Å²) in [6, 6.07) is 11.3. The van der Waals surface area contributed by atoms with Crippen molar-refractivity contribution in [1.29, 1.82) is 0 Å². The zero-order valence-corrected chi connectivity index (χ0v) is 14.9. The SMILES string of the molecule is COC(=O)c1ccccc1NC(=O)C1(C)Cc2ccc(Cl)cc2C(=O)O1. The highest BCUT2D eigenvalue weighted by molar-refractivity contribution is 6.31. The number of amides is 1. The van der Waals surface area contributed by atoms with Gasteiger partial charge in [-0.3, -0.25) is 4.79 Å². The van der Waals surface area contributed by atoms with Crippen molar-refractivity contribution >= 4 is 35.1 Å². The second kappa shape index (κ2) is 6.80. The lowest BCUT2D eigenvalue weighted by Crippen LogP contribution is -2.49. The largest absolute Gasteiger partial charge is 0.465 e. The maximum absolute atomic E-state index is 12.8. The molecule has 3 rings (SSSR count). The molecule has 0 radical (unpaired) electrons. The Balaban J connectivity index is 1.88. The number of carbonyl (C=O) groups excluding carboxylic acids is 3. The monoisotopic (exact) mass is 373 g/mol. The quantitative estimate of drug-likeness (QED) is 0.835. The molecule has 0 fully saturated rings. The predicted octanol–water partition coefficient (Wildman–Crippen LogP) is 3.24. The van der Waals surface area contributed by atoms with Crippen molar-refractivity contribution in [2.24, 2.45) is 0 Å². The number of anilines is 1. The first-order chi connectivity index (χ1) is 12.3. The number of methoxy groups -OCH3 is 1. The Morgan fingerprint density at radius 3 is 2.69 bits per heavy atom. The van der Waals surface area contributed by atoms with Gasteiger partial charge in [0.2, 0.25) is 0 Å². The molecule has 134 valence electrons. The minimum absolute atomic E-state index is 0.192. The molecule has 6 nitrogen and oxygen atoms in total. The maximum atomic E-state index is 12.8. The molecule has 0 bridgehead atoms. The summed E-state index contributed by atoms with van der Waals surface area (Å²) in [5.74, 6) is -1.73. The van der Waals surface area contributed by atoms with Gasteiger partial charge in [-0.2, -0.15) is 0 Å². The number of ether oxygens (including phenoxy) is 2. The maximum Gasteiger partial charge on any atom is 0.339 e. The van der Waals surface area contributed by atoms with Crippen molar-refractivity contribution in [3.63, 3.8) is 0 Å². The molecular weight excluding hydrogens is 358 g/mol. The van der Waals surface area contributed by atoms with E-state index in [9.17, 15) is 14.4 Å². The highest BCUT2D eigenvalue weighted by Gasteiger charge is 2.43. The topological polar surface area (TPSA) is 81.7 Å². The molecule has 1 heterocycles. The highest BCUT2D eigenvalue weighted by Crippen LogP contribution is 2.31. The summed E-state index contributed by atoms with van der Waals surface area (Å²) in [5.41, 5.74) is 0.0910. The van der Waals surface area contributed by atoms with Crippen LogP contribution >= 0.6 is 11.6 Å². The molecule has 2 aromatic carbocycles. The molecule has 0 aliphatic carbocycles. The molecule has 0 saturated carbocycles. The molecule has 26 heavy (non-hydrogen) atoms. The molecule has 0 spiro atoms. The van der Waals surface area contributed by atoms with Crippen LogP contribution in [0, 0.1) is 0 Å². The second-order valence-corrected chi connectivity index (χ2v) is 6.53. The van der Waals surface area contributed by atoms with E-state index in [0.717, 1.165) is 0 Å². The summed E-state index contributed by atoms with van der Waals surface area (Å²) in [4.78, 5) is 37.0. The number of fused-ring (bicyclic) bond motifs is 1. The van der Waals surface area contributed by atoms with Gasteiger partial charge in [-0.1, -0.05) is 29.8 Å². The highest BCUT2D eigenvalue weighted by atomic mass is 35.5. The smallest absolute Gasteiger partial charge is 0.339 e. The van der Waals surface area contributed by atoms with Crippen LogP contribution in [0.3, 0.4) is 0 Å². The van der Waals surface area contributed by atoms with Gasteiger partial charge >= 0.3 is 11.9 Å². The van der Waals surface area contributed by atoms with E-state index in [-0.39, 0.29) is 17.7 Å². The van der Waals surface area contributed by atoms with Crippen LogP contribution in [0.4, 0.5) is 5.69 Å². The zero-order chi connectivity index (χ0) is 18.9. The molecule has 2 aromatic rings. The lowest BCUT2D eigenvalue weighted by atomic mass is 9.89. The van der Waals surface area contributed by atoms with Crippen LogP contribution in [0.15, 0.2) is 42.5 Å². The van der Waals surface area contributed by atoms with Crippen LogP contribution in [0.1, 0.15) is 33.2 Å². The first-order valence-electron chi connectivity index (χ1n) is 7.84. The Hall–Kier alpha value is -2.86. The van der Waals surface area contributed by atoms with Gasteiger partial charge < -0.3 is 14.8 Å². The molecule has 0 saturated heterocycles. The van der Waals surface area contributed by atoms with E-state index in [2.05, 4.69) is 5.32 Å². The van der Waals surface area contributed by atoms with Gasteiger partial charge in [-0.05, 0) is 36.8 Å². The summed E-state index contributed by atoms with van der Waals surface area (Å²) in [5, 5.41) is 3.07. The van der Waals surface area contributed by atoms with Crippen molar-refractivity contribution in [2.75, 3.05) is 12.4 Å². The van der Waals surface area contributed by atoms with Gasteiger partial charge in [0.25, 0.3) is 5.91 Å².